The van der Waals surface area contributed by atoms with E-state index in [-0.39, 0.29) is 12.1 Å². The van der Waals surface area contributed by atoms with Crippen molar-refractivity contribution < 1.29 is 9.47 Å². The number of fused-ring (bicyclic) bond motifs is 1. The average molecular weight is 290 g/mol. The maximum Gasteiger partial charge on any atom is 0.119 e. The third-order valence-corrected chi connectivity index (χ3v) is 4.58. The fourth-order valence-electron chi connectivity index (χ4n) is 3.26. The molecule has 0 saturated carbocycles. The van der Waals surface area contributed by atoms with Gasteiger partial charge in [0.15, 0.2) is 0 Å². The zero-order chi connectivity index (χ0) is 14.7. The average Bonchev–Trinajstić information content (AvgIpc) is 2.54. The fourth-order valence-corrected chi connectivity index (χ4v) is 3.26. The van der Waals surface area contributed by atoms with Crippen LogP contribution in [0.3, 0.4) is 0 Å². The minimum atomic E-state index is 0.166. The maximum atomic E-state index is 6.20. The summed E-state index contributed by atoms with van der Waals surface area (Å²) in [6.45, 7) is 6.67. The Labute approximate surface area is 127 Å². The molecule has 1 aliphatic carbocycles. The summed E-state index contributed by atoms with van der Waals surface area (Å²) in [5.74, 6) is 0.920. The Morgan fingerprint density at radius 1 is 1.43 bits per heavy atom. The highest BCUT2D eigenvalue weighted by molar-refractivity contribution is 5.39. The molecule has 1 heterocycles. The van der Waals surface area contributed by atoms with Crippen LogP contribution < -0.4 is 10.5 Å². The Balaban J connectivity index is 1.59. The Morgan fingerprint density at radius 3 is 3.19 bits per heavy atom. The van der Waals surface area contributed by atoms with E-state index in [2.05, 4.69) is 30.0 Å². The summed E-state index contributed by atoms with van der Waals surface area (Å²) < 4.78 is 11.7. The third-order valence-electron chi connectivity index (χ3n) is 4.58. The second-order valence-electron chi connectivity index (χ2n) is 6.06. The molecule has 1 aromatic rings. The molecule has 2 N–H and O–H groups in total. The Hall–Kier alpha value is -1.10. The molecule has 0 aromatic heterocycles. The van der Waals surface area contributed by atoms with Crippen molar-refractivity contribution in [3.63, 3.8) is 0 Å². The maximum absolute atomic E-state index is 6.20. The minimum absolute atomic E-state index is 0.166. The highest BCUT2D eigenvalue weighted by Gasteiger charge is 2.21. The van der Waals surface area contributed by atoms with Crippen LogP contribution in [0.2, 0.25) is 0 Å². The van der Waals surface area contributed by atoms with Crippen LogP contribution in [-0.2, 0) is 11.2 Å². The summed E-state index contributed by atoms with van der Waals surface area (Å²) in [6, 6.07) is 6.53. The summed E-state index contributed by atoms with van der Waals surface area (Å²) in [5.41, 5.74) is 8.85. The van der Waals surface area contributed by atoms with Gasteiger partial charge in [-0.05, 0) is 49.1 Å². The van der Waals surface area contributed by atoms with Crippen molar-refractivity contribution in [2.75, 3.05) is 32.8 Å². The van der Waals surface area contributed by atoms with E-state index in [0.29, 0.717) is 6.61 Å². The monoisotopic (exact) mass is 290 g/mol. The minimum Gasteiger partial charge on any atom is -0.491 e. The van der Waals surface area contributed by atoms with Crippen LogP contribution in [0.25, 0.3) is 0 Å². The van der Waals surface area contributed by atoms with E-state index >= 15 is 0 Å². The van der Waals surface area contributed by atoms with Crippen molar-refractivity contribution in [1.82, 2.24) is 4.90 Å². The Bertz CT molecular complexity index is 478. The highest BCUT2D eigenvalue weighted by Crippen LogP contribution is 2.30. The summed E-state index contributed by atoms with van der Waals surface area (Å²) >= 11 is 0. The third kappa shape index (κ3) is 3.57. The number of nitrogens with zero attached hydrogens (tertiary/aromatic N) is 1. The molecule has 1 fully saturated rings. The molecule has 4 heteroatoms. The van der Waals surface area contributed by atoms with E-state index in [0.717, 1.165) is 44.8 Å². The molecule has 21 heavy (non-hydrogen) atoms. The fraction of sp³-hybridized carbons (Fsp3) is 0.647. The van der Waals surface area contributed by atoms with E-state index in [1.165, 1.54) is 17.5 Å². The molecule has 1 unspecified atom stereocenters. The molecule has 2 aliphatic rings. The first-order chi connectivity index (χ1) is 10.3. The van der Waals surface area contributed by atoms with Gasteiger partial charge < -0.3 is 15.2 Å². The number of ether oxygens (including phenoxy) is 2. The molecule has 0 bridgehead atoms. The zero-order valence-electron chi connectivity index (χ0n) is 12.9. The quantitative estimate of drug-likeness (QED) is 0.923. The molecule has 0 amide bonds. The van der Waals surface area contributed by atoms with E-state index in [1.54, 1.807) is 0 Å². The van der Waals surface area contributed by atoms with Crippen LogP contribution in [0, 0.1) is 0 Å². The highest BCUT2D eigenvalue weighted by atomic mass is 16.5. The van der Waals surface area contributed by atoms with Gasteiger partial charge in [0.05, 0.1) is 6.61 Å². The normalized spacial score (nSPS) is 26.4. The number of nitrogens with two attached hydrogens (primary N) is 1. The molecule has 1 saturated heterocycles. The smallest absolute Gasteiger partial charge is 0.119 e. The van der Waals surface area contributed by atoms with Crippen LogP contribution in [-0.4, -0.2) is 43.9 Å². The van der Waals surface area contributed by atoms with Crippen molar-refractivity contribution >= 4 is 0 Å². The van der Waals surface area contributed by atoms with Gasteiger partial charge in [0.1, 0.15) is 18.5 Å². The molecule has 4 nitrogen and oxygen atoms in total. The van der Waals surface area contributed by atoms with Crippen molar-refractivity contribution in [2.45, 2.75) is 38.3 Å². The number of aryl methyl sites for hydroxylation is 1. The lowest BCUT2D eigenvalue weighted by atomic mass is 9.88. The second kappa shape index (κ2) is 6.77. The largest absolute Gasteiger partial charge is 0.491 e. The van der Waals surface area contributed by atoms with E-state index in [4.69, 9.17) is 15.2 Å². The van der Waals surface area contributed by atoms with Crippen molar-refractivity contribution in [3.8, 4) is 5.75 Å². The molecule has 116 valence electrons. The molecule has 1 aliphatic heterocycles. The zero-order valence-corrected chi connectivity index (χ0v) is 12.9. The Kier molecular flexibility index (Phi) is 4.78. The number of hydrogen-bond acceptors (Lipinski definition) is 4. The molecule has 1 aromatic carbocycles. The number of benzene rings is 1. The number of likely N-dealkylation sites (N-methyl/N-ethyl adjacent to an activating group) is 1. The molecule has 0 spiro atoms. The number of morpholine rings is 1. The van der Waals surface area contributed by atoms with Gasteiger partial charge in [-0.3, -0.25) is 4.90 Å². The Morgan fingerprint density at radius 2 is 2.33 bits per heavy atom. The van der Waals surface area contributed by atoms with Gasteiger partial charge in [0.2, 0.25) is 0 Å². The predicted octanol–water partition coefficient (Wildman–Crippen LogP) is 2.12. The predicted molar refractivity (Wildman–Crippen MR) is 83.7 cm³/mol. The number of hydrogen-bond donors (Lipinski definition) is 1. The first-order valence-electron chi connectivity index (χ1n) is 8.11. The van der Waals surface area contributed by atoms with Gasteiger partial charge in [0.25, 0.3) is 0 Å². The van der Waals surface area contributed by atoms with Gasteiger partial charge in [-0.15, -0.1) is 0 Å². The summed E-state index contributed by atoms with van der Waals surface area (Å²) in [5, 5.41) is 0. The van der Waals surface area contributed by atoms with Gasteiger partial charge >= 0.3 is 0 Å². The van der Waals surface area contributed by atoms with E-state index in [1.807, 2.05) is 0 Å². The van der Waals surface area contributed by atoms with Crippen LogP contribution >= 0.6 is 0 Å². The van der Waals surface area contributed by atoms with Gasteiger partial charge in [-0.25, -0.2) is 0 Å². The molecular weight excluding hydrogens is 264 g/mol. The van der Waals surface area contributed by atoms with Crippen LogP contribution in [0.4, 0.5) is 0 Å². The van der Waals surface area contributed by atoms with Crippen LogP contribution in [0.5, 0.6) is 5.75 Å². The van der Waals surface area contributed by atoms with Gasteiger partial charge in [-0.2, -0.15) is 0 Å². The van der Waals surface area contributed by atoms with Crippen LogP contribution in [0.15, 0.2) is 18.2 Å². The van der Waals surface area contributed by atoms with Crippen molar-refractivity contribution in [1.29, 1.82) is 0 Å². The lowest BCUT2D eigenvalue weighted by molar-refractivity contribution is -0.0464. The standard InChI is InChI=1S/C17H26N2O2/c1-2-19-8-9-20-15(11-19)12-21-14-7-6-13-4-3-5-17(18)16(13)10-14/h6-7,10,15,17H,2-5,8-9,11-12,18H2,1H3/t15?,17-/m1/s1. The summed E-state index contributed by atoms with van der Waals surface area (Å²) in [6.07, 6.45) is 3.58. The molecule has 2 atom stereocenters. The van der Waals surface area contributed by atoms with Gasteiger partial charge in [0, 0.05) is 19.1 Å². The SMILES string of the molecule is CCN1CCOC(COc2ccc3c(c2)[C@H](N)CCC3)C1. The van der Waals surface area contributed by atoms with Gasteiger partial charge in [-0.1, -0.05) is 13.0 Å². The number of rotatable bonds is 4. The first kappa shape index (κ1) is 14.8. The van der Waals surface area contributed by atoms with E-state index in [9.17, 15) is 0 Å². The van der Waals surface area contributed by atoms with Crippen molar-refractivity contribution in [3.05, 3.63) is 29.3 Å². The molecule has 0 radical (unpaired) electrons. The van der Waals surface area contributed by atoms with Crippen molar-refractivity contribution in [2.24, 2.45) is 5.73 Å². The molecular formula is C17H26N2O2. The summed E-state index contributed by atoms with van der Waals surface area (Å²) in [7, 11) is 0. The topological polar surface area (TPSA) is 47.7 Å². The van der Waals surface area contributed by atoms with E-state index < -0.39 is 0 Å². The molecule has 3 rings (SSSR count). The lowest BCUT2D eigenvalue weighted by Crippen LogP contribution is -2.44. The summed E-state index contributed by atoms with van der Waals surface area (Å²) in [4.78, 5) is 2.40. The lowest BCUT2D eigenvalue weighted by Gasteiger charge is -2.32. The first-order valence-corrected chi connectivity index (χ1v) is 8.11. The second-order valence-corrected chi connectivity index (χ2v) is 6.06. The van der Waals surface area contributed by atoms with Crippen LogP contribution in [0.1, 0.15) is 36.9 Å².